The quantitative estimate of drug-likeness (QED) is 0.842. The summed E-state index contributed by atoms with van der Waals surface area (Å²) in [6, 6.07) is 3.82. The van der Waals surface area contributed by atoms with Crippen LogP contribution in [0.25, 0.3) is 0 Å². The summed E-state index contributed by atoms with van der Waals surface area (Å²) in [5.41, 5.74) is 7.43. The smallest absolute Gasteiger partial charge is 0.0965 e. The minimum atomic E-state index is 0.702. The van der Waals surface area contributed by atoms with Crippen LogP contribution >= 0.6 is 23.1 Å². The van der Waals surface area contributed by atoms with Crippen molar-refractivity contribution >= 4 is 28.8 Å². The highest BCUT2D eigenvalue weighted by molar-refractivity contribution is 7.98. The Balaban J connectivity index is 1.90. The molecule has 0 aliphatic rings. The average Bonchev–Trinajstić information content (AvgIpc) is 2.77. The molecular formula is C12H15N3S2. The van der Waals surface area contributed by atoms with Crippen LogP contribution in [0, 0.1) is 0 Å². The van der Waals surface area contributed by atoms with Crippen LogP contribution < -0.4 is 5.73 Å². The molecule has 0 saturated heterocycles. The fourth-order valence-corrected chi connectivity index (χ4v) is 3.11. The third kappa shape index (κ3) is 3.71. The number of nitrogens with zero attached hydrogens (tertiary/aromatic N) is 2. The van der Waals surface area contributed by atoms with Crippen LogP contribution in [-0.2, 0) is 12.2 Å². The van der Waals surface area contributed by atoms with E-state index >= 15 is 0 Å². The molecule has 0 radical (unpaired) electrons. The standard InChI is InChI=1S/C12H15N3S2/c1-2-3-12-15-10(8-17-12)7-16-11-5-4-9(13)6-14-11/h4-6,8H,2-3,7,13H2,1H3. The van der Waals surface area contributed by atoms with Crippen LogP contribution in [0.2, 0.25) is 0 Å². The minimum absolute atomic E-state index is 0.702. The van der Waals surface area contributed by atoms with Crippen molar-refractivity contribution in [3.63, 3.8) is 0 Å². The van der Waals surface area contributed by atoms with Gasteiger partial charge in [-0.3, -0.25) is 0 Å². The van der Waals surface area contributed by atoms with E-state index in [0.717, 1.165) is 29.3 Å². The number of anilines is 1. The summed E-state index contributed by atoms with van der Waals surface area (Å²) >= 11 is 3.44. The van der Waals surface area contributed by atoms with E-state index in [1.54, 1.807) is 29.3 Å². The predicted octanol–water partition coefficient (Wildman–Crippen LogP) is 3.37. The summed E-state index contributed by atoms with van der Waals surface area (Å²) < 4.78 is 0. The molecule has 0 aliphatic carbocycles. The van der Waals surface area contributed by atoms with Gasteiger partial charge in [-0.2, -0.15) is 0 Å². The first-order chi connectivity index (χ1) is 8.28. The van der Waals surface area contributed by atoms with E-state index in [0.29, 0.717) is 5.69 Å². The lowest BCUT2D eigenvalue weighted by Gasteiger charge is -1.98. The molecule has 3 nitrogen and oxygen atoms in total. The van der Waals surface area contributed by atoms with Crippen molar-refractivity contribution in [2.75, 3.05) is 5.73 Å². The van der Waals surface area contributed by atoms with Crippen molar-refractivity contribution in [2.45, 2.75) is 30.5 Å². The Morgan fingerprint density at radius 1 is 1.41 bits per heavy atom. The summed E-state index contributed by atoms with van der Waals surface area (Å²) in [7, 11) is 0. The Hall–Kier alpha value is -1.07. The molecule has 90 valence electrons. The summed E-state index contributed by atoms with van der Waals surface area (Å²) in [6.45, 7) is 2.17. The first-order valence-electron chi connectivity index (χ1n) is 5.55. The fourth-order valence-electron chi connectivity index (χ4n) is 1.37. The van der Waals surface area contributed by atoms with Crippen LogP contribution in [0.5, 0.6) is 0 Å². The number of thiazole rings is 1. The van der Waals surface area contributed by atoms with Gasteiger partial charge < -0.3 is 5.73 Å². The van der Waals surface area contributed by atoms with Crippen molar-refractivity contribution in [1.82, 2.24) is 9.97 Å². The fraction of sp³-hybridized carbons (Fsp3) is 0.333. The number of nitrogen functional groups attached to an aromatic ring is 1. The summed E-state index contributed by atoms with van der Waals surface area (Å²) in [4.78, 5) is 8.83. The zero-order chi connectivity index (χ0) is 12.1. The summed E-state index contributed by atoms with van der Waals surface area (Å²) in [5.74, 6) is 0.872. The molecule has 0 bridgehead atoms. The predicted molar refractivity (Wildman–Crippen MR) is 74.3 cm³/mol. The molecule has 0 aliphatic heterocycles. The third-order valence-electron chi connectivity index (χ3n) is 2.19. The SMILES string of the molecule is CCCc1nc(CSc2ccc(N)cn2)cs1. The molecule has 2 rings (SSSR count). The monoisotopic (exact) mass is 265 g/mol. The van der Waals surface area contributed by atoms with Crippen LogP contribution in [0.15, 0.2) is 28.7 Å². The van der Waals surface area contributed by atoms with E-state index in [-0.39, 0.29) is 0 Å². The molecular weight excluding hydrogens is 250 g/mol. The van der Waals surface area contributed by atoms with Crippen LogP contribution in [-0.4, -0.2) is 9.97 Å². The number of hydrogen-bond acceptors (Lipinski definition) is 5. The molecule has 0 aromatic carbocycles. The van der Waals surface area contributed by atoms with Gasteiger partial charge in [-0.15, -0.1) is 23.1 Å². The summed E-state index contributed by atoms with van der Waals surface area (Å²) in [6.07, 6.45) is 3.92. The van der Waals surface area contributed by atoms with E-state index in [1.165, 1.54) is 5.01 Å². The molecule has 0 amide bonds. The van der Waals surface area contributed by atoms with Crippen LogP contribution in [0.4, 0.5) is 5.69 Å². The lowest BCUT2D eigenvalue weighted by Crippen LogP contribution is -1.88. The van der Waals surface area contributed by atoms with Gasteiger partial charge in [0.05, 0.1) is 27.6 Å². The zero-order valence-electron chi connectivity index (χ0n) is 9.72. The second kappa shape index (κ2) is 6.02. The highest BCUT2D eigenvalue weighted by atomic mass is 32.2. The molecule has 0 fully saturated rings. The first-order valence-corrected chi connectivity index (χ1v) is 7.42. The largest absolute Gasteiger partial charge is 0.397 e. The molecule has 0 unspecified atom stereocenters. The molecule has 17 heavy (non-hydrogen) atoms. The zero-order valence-corrected chi connectivity index (χ0v) is 11.4. The highest BCUT2D eigenvalue weighted by Gasteiger charge is 2.02. The van der Waals surface area contributed by atoms with Gasteiger partial charge in [-0.1, -0.05) is 6.92 Å². The van der Waals surface area contributed by atoms with E-state index in [4.69, 9.17) is 5.73 Å². The lowest BCUT2D eigenvalue weighted by molar-refractivity contribution is 0.902. The van der Waals surface area contributed by atoms with Crippen LogP contribution in [0.1, 0.15) is 24.0 Å². The molecule has 0 saturated carbocycles. The maximum atomic E-state index is 5.59. The third-order valence-corrected chi connectivity index (χ3v) is 4.13. The molecule has 2 aromatic rings. The maximum Gasteiger partial charge on any atom is 0.0965 e. The number of pyridine rings is 1. The number of aryl methyl sites for hydroxylation is 1. The maximum absolute atomic E-state index is 5.59. The Kier molecular flexibility index (Phi) is 4.39. The van der Waals surface area contributed by atoms with Crippen molar-refractivity contribution < 1.29 is 0 Å². The van der Waals surface area contributed by atoms with E-state index < -0.39 is 0 Å². The van der Waals surface area contributed by atoms with Crippen molar-refractivity contribution in [3.8, 4) is 0 Å². The molecule has 2 N–H and O–H groups in total. The van der Waals surface area contributed by atoms with E-state index in [9.17, 15) is 0 Å². The van der Waals surface area contributed by atoms with Gasteiger partial charge in [0.1, 0.15) is 0 Å². The van der Waals surface area contributed by atoms with E-state index in [2.05, 4.69) is 22.3 Å². The van der Waals surface area contributed by atoms with Gasteiger partial charge in [0, 0.05) is 11.1 Å². The summed E-state index contributed by atoms with van der Waals surface area (Å²) in [5, 5.41) is 4.35. The topological polar surface area (TPSA) is 51.8 Å². The van der Waals surface area contributed by atoms with Gasteiger partial charge in [0.25, 0.3) is 0 Å². The molecule has 2 heterocycles. The van der Waals surface area contributed by atoms with Gasteiger partial charge in [-0.25, -0.2) is 9.97 Å². The van der Waals surface area contributed by atoms with Gasteiger partial charge in [0.15, 0.2) is 0 Å². The Morgan fingerprint density at radius 3 is 3.00 bits per heavy atom. The van der Waals surface area contributed by atoms with Crippen molar-refractivity contribution in [2.24, 2.45) is 0 Å². The van der Waals surface area contributed by atoms with Gasteiger partial charge >= 0.3 is 0 Å². The average molecular weight is 265 g/mol. The van der Waals surface area contributed by atoms with E-state index in [1.807, 2.05) is 12.1 Å². The lowest BCUT2D eigenvalue weighted by atomic mass is 10.3. The highest BCUT2D eigenvalue weighted by Crippen LogP contribution is 2.22. The number of nitrogens with two attached hydrogens (primary N) is 1. The van der Waals surface area contributed by atoms with Crippen molar-refractivity contribution in [3.05, 3.63) is 34.4 Å². The molecule has 0 spiro atoms. The first kappa shape index (κ1) is 12.4. The normalized spacial score (nSPS) is 10.6. The minimum Gasteiger partial charge on any atom is -0.397 e. The second-order valence-corrected chi connectivity index (χ2v) is 5.64. The van der Waals surface area contributed by atoms with Gasteiger partial charge in [-0.05, 0) is 25.0 Å². The van der Waals surface area contributed by atoms with Crippen molar-refractivity contribution in [1.29, 1.82) is 0 Å². The molecule has 5 heteroatoms. The number of aromatic nitrogens is 2. The number of thioether (sulfide) groups is 1. The second-order valence-electron chi connectivity index (χ2n) is 3.70. The Labute approximate surface area is 109 Å². The Morgan fingerprint density at radius 2 is 2.29 bits per heavy atom. The number of hydrogen-bond donors (Lipinski definition) is 1. The number of rotatable bonds is 5. The Bertz CT molecular complexity index is 465. The molecule has 2 aromatic heterocycles. The van der Waals surface area contributed by atoms with Gasteiger partial charge in [0.2, 0.25) is 0 Å². The molecule has 0 atom stereocenters. The van der Waals surface area contributed by atoms with Crippen LogP contribution in [0.3, 0.4) is 0 Å².